The van der Waals surface area contributed by atoms with E-state index in [0.29, 0.717) is 18.0 Å². The third kappa shape index (κ3) is 4.43. The minimum absolute atomic E-state index is 0. The summed E-state index contributed by atoms with van der Waals surface area (Å²) in [7, 11) is 1.86. The molecule has 1 fully saturated rings. The molecule has 0 radical (unpaired) electrons. The summed E-state index contributed by atoms with van der Waals surface area (Å²) in [6, 6.07) is 3.57. The molecule has 2 amide bonds. The van der Waals surface area contributed by atoms with Gasteiger partial charge in [-0.1, -0.05) is 6.07 Å². The molecule has 1 aromatic heterocycles. The van der Waals surface area contributed by atoms with Crippen LogP contribution in [0.5, 0.6) is 0 Å². The van der Waals surface area contributed by atoms with Gasteiger partial charge in [0.05, 0.1) is 4.88 Å². The summed E-state index contributed by atoms with van der Waals surface area (Å²) in [6.07, 6.45) is 1.63. The van der Waals surface area contributed by atoms with Crippen molar-refractivity contribution in [3.8, 4) is 0 Å². The Balaban J connectivity index is 0.00000220. The summed E-state index contributed by atoms with van der Waals surface area (Å²) in [5.41, 5.74) is 0. The molecule has 2 rings (SSSR count). The lowest BCUT2D eigenvalue weighted by Crippen LogP contribution is -2.48. The molecule has 1 aromatic rings. The van der Waals surface area contributed by atoms with Gasteiger partial charge in [-0.3, -0.25) is 9.59 Å². The number of carbonyl (C=O) groups is 2. The fourth-order valence-corrected chi connectivity index (χ4v) is 2.98. The quantitative estimate of drug-likeness (QED) is 0.859. The minimum Gasteiger partial charge on any atom is -0.353 e. The number of thiophene rings is 1. The van der Waals surface area contributed by atoms with Crippen molar-refractivity contribution in [1.82, 2.24) is 15.5 Å². The molecule has 2 atom stereocenters. The summed E-state index contributed by atoms with van der Waals surface area (Å²) in [5, 5.41) is 7.87. The smallest absolute Gasteiger partial charge is 0.264 e. The molecular weight excluding hydrogens is 310 g/mol. The van der Waals surface area contributed by atoms with E-state index in [1.165, 1.54) is 11.3 Å². The maximum atomic E-state index is 12.4. The van der Waals surface area contributed by atoms with Crippen LogP contribution in [0.3, 0.4) is 0 Å². The molecule has 2 heterocycles. The number of hydrogen-bond donors (Lipinski definition) is 2. The van der Waals surface area contributed by atoms with Gasteiger partial charge < -0.3 is 15.5 Å². The number of hydrogen-bond acceptors (Lipinski definition) is 4. The van der Waals surface area contributed by atoms with Crippen LogP contribution in [0.25, 0.3) is 0 Å². The van der Waals surface area contributed by atoms with Crippen molar-refractivity contribution >= 4 is 35.6 Å². The largest absolute Gasteiger partial charge is 0.353 e. The topological polar surface area (TPSA) is 61.4 Å². The third-order valence-corrected chi connectivity index (χ3v) is 4.48. The van der Waals surface area contributed by atoms with E-state index in [9.17, 15) is 9.59 Å². The van der Waals surface area contributed by atoms with Crippen LogP contribution < -0.4 is 10.6 Å². The van der Waals surface area contributed by atoms with E-state index in [1.54, 1.807) is 4.90 Å². The lowest BCUT2D eigenvalue weighted by atomic mass is 10.2. The Kier molecular flexibility index (Phi) is 7.14. The molecule has 0 bridgehead atoms. The van der Waals surface area contributed by atoms with Crippen molar-refractivity contribution in [2.24, 2.45) is 0 Å². The van der Waals surface area contributed by atoms with E-state index in [0.717, 1.165) is 12.8 Å². The average Bonchev–Trinajstić information content (AvgIpc) is 3.13. The van der Waals surface area contributed by atoms with Crippen LogP contribution in [0.4, 0.5) is 0 Å². The van der Waals surface area contributed by atoms with Gasteiger partial charge in [0.1, 0.15) is 6.04 Å². The lowest BCUT2D eigenvalue weighted by Gasteiger charge is -2.24. The summed E-state index contributed by atoms with van der Waals surface area (Å²) < 4.78 is 0. The summed E-state index contributed by atoms with van der Waals surface area (Å²) >= 11 is 1.42. The zero-order valence-electron chi connectivity index (χ0n) is 12.3. The van der Waals surface area contributed by atoms with Crippen LogP contribution in [-0.4, -0.2) is 48.9 Å². The molecule has 0 aliphatic carbocycles. The number of halogens is 1. The van der Waals surface area contributed by atoms with Crippen LogP contribution in [0.1, 0.15) is 29.4 Å². The molecule has 1 aliphatic heterocycles. The van der Waals surface area contributed by atoms with Gasteiger partial charge in [-0.2, -0.15) is 0 Å². The Bertz CT molecular complexity index is 467. The van der Waals surface area contributed by atoms with E-state index in [4.69, 9.17) is 0 Å². The van der Waals surface area contributed by atoms with E-state index < -0.39 is 0 Å². The maximum absolute atomic E-state index is 12.4. The first-order valence-corrected chi connectivity index (χ1v) is 7.81. The normalized spacial score (nSPS) is 19.0. The highest BCUT2D eigenvalue weighted by molar-refractivity contribution is 7.12. The molecule has 7 heteroatoms. The number of nitrogens with one attached hydrogen (secondary N) is 2. The summed E-state index contributed by atoms with van der Waals surface area (Å²) in [5.74, 6) is -0.0752. The summed E-state index contributed by atoms with van der Waals surface area (Å²) in [4.78, 5) is 27.0. The fourth-order valence-electron chi connectivity index (χ4n) is 2.30. The van der Waals surface area contributed by atoms with Gasteiger partial charge >= 0.3 is 0 Å². The molecule has 0 spiro atoms. The molecule has 2 unspecified atom stereocenters. The molecule has 1 aliphatic rings. The highest BCUT2D eigenvalue weighted by Crippen LogP contribution is 2.22. The van der Waals surface area contributed by atoms with E-state index in [2.05, 4.69) is 10.6 Å². The van der Waals surface area contributed by atoms with Crippen molar-refractivity contribution in [3.63, 3.8) is 0 Å². The molecule has 2 N–H and O–H groups in total. The maximum Gasteiger partial charge on any atom is 0.264 e. The molecule has 21 heavy (non-hydrogen) atoms. The highest BCUT2D eigenvalue weighted by atomic mass is 35.5. The summed E-state index contributed by atoms with van der Waals surface area (Å²) in [6.45, 7) is 3.24. The van der Waals surface area contributed by atoms with Gasteiger partial charge in [0.25, 0.3) is 5.91 Å². The molecule has 0 saturated carbocycles. The fraction of sp³-hybridized carbons (Fsp3) is 0.571. The van der Waals surface area contributed by atoms with Crippen LogP contribution in [-0.2, 0) is 4.79 Å². The van der Waals surface area contributed by atoms with Gasteiger partial charge in [0.15, 0.2) is 0 Å². The van der Waals surface area contributed by atoms with Crippen molar-refractivity contribution < 1.29 is 9.59 Å². The molecular formula is C14H22ClN3O2S. The van der Waals surface area contributed by atoms with Crippen LogP contribution in [0.2, 0.25) is 0 Å². The number of carbonyl (C=O) groups excluding carboxylic acids is 2. The zero-order valence-corrected chi connectivity index (χ0v) is 13.9. The van der Waals surface area contributed by atoms with Gasteiger partial charge in [-0.15, -0.1) is 23.7 Å². The van der Waals surface area contributed by atoms with E-state index in [-0.39, 0.29) is 36.3 Å². The number of likely N-dealkylation sites (N-methyl/N-ethyl adjacent to an activating group) is 1. The van der Waals surface area contributed by atoms with Gasteiger partial charge in [0.2, 0.25) is 5.91 Å². The van der Waals surface area contributed by atoms with E-state index >= 15 is 0 Å². The second kappa shape index (κ2) is 8.36. The van der Waals surface area contributed by atoms with Gasteiger partial charge in [-0.05, 0) is 38.3 Å². The highest BCUT2D eigenvalue weighted by Gasteiger charge is 2.34. The SMILES string of the molecule is CNC(C)CNC(=O)C1CCCN1C(=O)c1cccs1.Cl. The first-order chi connectivity index (χ1) is 9.63. The second-order valence-electron chi connectivity index (χ2n) is 5.07. The molecule has 1 saturated heterocycles. The monoisotopic (exact) mass is 331 g/mol. The number of nitrogens with zero attached hydrogens (tertiary/aromatic N) is 1. The first kappa shape index (κ1) is 17.9. The van der Waals surface area contributed by atoms with Crippen molar-refractivity contribution in [2.75, 3.05) is 20.1 Å². The minimum atomic E-state index is -0.325. The Morgan fingerprint density at radius 3 is 2.90 bits per heavy atom. The predicted octanol–water partition coefficient (Wildman–Crippen LogP) is 1.50. The predicted molar refractivity (Wildman–Crippen MR) is 87.2 cm³/mol. The number of rotatable bonds is 5. The molecule has 5 nitrogen and oxygen atoms in total. The number of amides is 2. The Labute approximate surface area is 135 Å². The Hall–Kier alpha value is -1.11. The molecule has 0 aromatic carbocycles. The Morgan fingerprint density at radius 2 is 2.29 bits per heavy atom. The van der Waals surface area contributed by atoms with Crippen LogP contribution in [0.15, 0.2) is 17.5 Å². The second-order valence-corrected chi connectivity index (χ2v) is 6.02. The first-order valence-electron chi connectivity index (χ1n) is 6.93. The lowest BCUT2D eigenvalue weighted by molar-refractivity contribution is -0.124. The van der Waals surface area contributed by atoms with Crippen LogP contribution in [0, 0.1) is 0 Å². The van der Waals surface area contributed by atoms with Crippen LogP contribution >= 0.6 is 23.7 Å². The van der Waals surface area contributed by atoms with Crippen molar-refractivity contribution in [1.29, 1.82) is 0 Å². The van der Waals surface area contributed by atoms with Gasteiger partial charge in [0, 0.05) is 19.1 Å². The standard InChI is InChI=1S/C14H21N3O2S.ClH/c1-10(15-2)9-16-13(18)11-5-3-7-17(11)14(19)12-6-4-8-20-12;/h4,6,8,10-11,15H,3,5,7,9H2,1-2H3,(H,16,18);1H. The third-order valence-electron chi connectivity index (χ3n) is 3.62. The van der Waals surface area contributed by atoms with Crippen molar-refractivity contribution in [3.05, 3.63) is 22.4 Å². The van der Waals surface area contributed by atoms with Gasteiger partial charge in [-0.25, -0.2) is 0 Å². The molecule has 118 valence electrons. The Morgan fingerprint density at radius 1 is 1.52 bits per heavy atom. The average molecular weight is 332 g/mol. The van der Waals surface area contributed by atoms with Crippen molar-refractivity contribution in [2.45, 2.75) is 31.8 Å². The van der Waals surface area contributed by atoms with E-state index in [1.807, 2.05) is 31.5 Å². The zero-order chi connectivity index (χ0) is 14.5. The number of likely N-dealkylation sites (tertiary alicyclic amines) is 1.